The zero-order valence-electron chi connectivity index (χ0n) is 17.7. The molecule has 2 amide bonds. The number of aliphatic imine (C=N–C) groups is 1. The molecule has 32 heavy (non-hydrogen) atoms. The van der Waals surface area contributed by atoms with E-state index in [9.17, 15) is 18.4 Å². The fourth-order valence-corrected chi connectivity index (χ4v) is 4.27. The van der Waals surface area contributed by atoms with Gasteiger partial charge in [0.05, 0.1) is 5.69 Å². The fourth-order valence-electron chi connectivity index (χ4n) is 3.02. The first-order valence-corrected chi connectivity index (χ1v) is 11.1. The number of rotatable bonds is 6. The molecule has 1 aliphatic rings. The van der Waals surface area contributed by atoms with Crippen molar-refractivity contribution in [2.75, 3.05) is 11.9 Å². The summed E-state index contributed by atoms with van der Waals surface area (Å²) in [5.41, 5.74) is -0.526. The van der Waals surface area contributed by atoms with Gasteiger partial charge in [-0.15, -0.1) is 8.78 Å². The SMILES string of the molecule is CCN1C(=O)C[C@H](C(=O)Nc2ccc(OC(F)(F)Cl)cc2)SC1=Nc1ccc(C)c(C)c1. The molecule has 0 radical (unpaired) electrons. The quantitative estimate of drug-likeness (QED) is 0.557. The van der Waals surface area contributed by atoms with Crippen LogP contribution in [-0.4, -0.2) is 39.2 Å². The molecule has 1 N–H and O–H groups in total. The monoisotopic (exact) mass is 481 g/mol. The zero-order chi connectivity index (χ0) is 23.5. The van der Waals surface area contributed by atoms with Crippen LogP contribution in [-0.2, 0) is 9.59 Å². The number of amidine groups is 1. The molecule has 6 nitrogen and oxygen atoms in total. The summed E-state index contributed by atoms with van der Waals surface area (Å²) in [4.78, 5) is 31.6. The van der Waals surface area contributed by atoms with E-state index in [2.05, 4.69) is 15.0 Å². The third kappa shape index (κ3) is 6.20. The summed E-state index contributed by atoms with van der Waals surface area (Å²) in [5.74, 6) is -0.725. The number of thioether (sulfide) groups is 1. The molecule has 10 heteroatoms. The third-order valence-corrected chi connectivity index (χ3v) is 6.08. The molecule has 1 aliphatic heterocycles. The average Bonchev–Trinajstić information content (AvgIpc) is 2.71. The van der Waals surface area contributed by atoms with E-state index in [1.54, 1.807) is 4.90 Å². The highest BCUT2D eigenvalue weighted by molar-refractivity contribution is 8.15. The lowest BCUT2D eigenvalue weighted by atomic mass is 10.1. The first kappa shape index (κ1) is 24.0. The normalized spacial score (nSPS) is 18.1. The Labute approximate surface area is 194 Å². The third-order valence-electron chi connectivity index (χ3n) is 4.82. The number of aryl methyl sites for hydroxylation is 2. The Bertz CT molecular complexity index is 1040. The molecule has 1 heterocycles. The average molecular weight is 482 g/mol. The predicted molar refractivity (Wildman–Crippen MR) is 123 cm³/mol. The summed E-state index contributed by atoms with van der Waals surface area (Å²) in [7, 11) is 0. The van der Waals surface area contributed by atoms with Gasteiger partial charge in [-0.2, -0.15) is 0 Å². The van der Waals surface area contributed by atoms with Crippen LogP contribution >= 0.6 is 23.4 Å². The van der Waals surface area contributed by atoms with Crippen LogP contribution in [0.15, 0.2) is 47.5 Å². The van der Waals surface area contributed by atoms with Crippen LogP contribution in [0.5, 0.6) is 5.75 Å². The highest BCUT2D eigenvalue weighted by Gasteiger charge is 2.35. The maximum Gasteiger partial charge on any atom is 0.487 e. The molecule has 1 atom stereocenters. The molecule has 1 saturated heterocycles. The lowest BCUT2D eigenvalue weighted by Gasteiger charge is -2.31. The molecule has 0 saturated carbocycles. The van der Waals surface area contributed by atoms with E-state index in [-0.39, 0.29) is 24.0 Å². The highest BCUT2D eigenvalue weighted by atomic mass is 35.5. The number of hydrogen-bond donors (Lipinski definition) is 1. The smallest absolute Gasteiger partial charge is 0.420 e. The second-order valence-electron chi connectivity index (χ2n) is 7.17. The number of hydrogen-bond acceptors (Lipinski definition) is 5. The van der Waals surface area contributed by atoms with Crippen molar-refractivity contribution in [1.29, 1.82) is 0 Å². The lowest BCUT2D eigenvalue weighted by Crippen LogP contribution is -2.45. The van der Waals surface area contributed by atoms with E-state index in [0.29, 0.717) is 23.1 Å². The van der Waals surface area contributed by atoms with Gasteiger partial charge in [-0.05, 0) is 68.3 Å². The number of halogens is 3. The second-order valence-corrected chi connectivity index (χ2v) is 8.78. The number of nitrogens with zero attached hydrogens (tertiary/aromatic N) is 2. The minimum atomic E-state index is -3.82. The Morgan fingerprint density at radius 2 is 1.94 bits per heavy atom. The number of anilines is 1. The maximum atomic E-state index is 12.8. The largest absolute Gasteiger partial charge is 0.487 e. The van der Waals surface area contributed by atoms with Crippen molar-refractivity contribution in [1.82, 2.24) is 4.90 Å². The second kappa shape index (κ2) is 9.87. The van der Waals surface area contributed by atoms with Gasteiger partial charge in [-0.1, -0.05) is 17.8 Å². The molecule has 170 valence electrons. The minimum Gasteiger partial charge on any atom is -0.420 e. The lowest BCUT2D eigenvalue weighted by molar-refractivity contribution is -0.129. The van der Waals surface area contributed by atoms with Gasteiger partial charge in [0.1, 0.15) is 11.0 Å². The van der Waals surface area contributed by atoms with Crippen LogP contribution in [0.1, 0.15) is 24.5 Å². The Kier molecular flexibility index (Phi) is 7.40. The topological polar surface area (TPSA) is 71.0 Å². The molecule has 0 aliphatic carbocycles. The fraction of sp³-hybridized carbons (Fsp3) is 0.318. The van der Waals surface area contributed by atoms with Crippen LogP contribution in [0.25, 0.3) is 0 Å². The van der Waals surface area contributed by atoms with Gasteiger partial charge in [0.25, 0.3) is 0 Å². The molecule has 0 bridgehead atoms. The molecular formula is C22H22ClF2N3O3S. The Morgan fingerprint density at radius 3 is 2.53 bits per heavy atom. The van der Waals surface area contributed by atoms with Crippen molar-refractivity contribution in [2.24, 2.45) is 4.99 Å². The van der Waals surface area contributed by atoms with E-state index in [1.807, 2.05) is 39.0 Å². The van der Waals surface area contributed by atoms with E-state index in [0.717, 1.165) is 11.1 Å². The molecular weight excluding hydrogens is 460 g/mol. The number of ether oxygens (including phenoxy) is 1. The molecule has 0 aromatic heterocycles. The van der Waals surface area contributed by atoms with Gasteiger partial charge < -0.3 is 10.1 Å². The summed E-state index contributed by atoms with van der Waals surface area (Å²) in [6, 6.07) is 11.1. The van der Waals surface area contributed by atoms with Gasteiger partial charge in [0.2, 0.25) is 11.8 Å². The number of carbonyl (C=O) groups is 2. The van der Waals surface area contributed by atoms with Crippen LogP contribution in [0.2, 0.25) is 0 Å². The number of amides is 2. The van der Waals surface area contributed by atoms with Crippen LogP contribution < -0.4 is 10.1 Å². The molecule has 0 spiro atoms. The Morgan fingerprint density at radius 1 is 1.25 bits per heavy atom. The predicted octanol–water partition coefficient (Wildman–Crippen LogP) is 5.45. The van der Waals surface area contributed by atoms with Crippen LogP contribution in [0.4, 0.5) is 20.2 Å². The highest BCUT2D eigenvalue weighted by Crippen LogP contribution is 2.31. The number of nitrogens with one attached hydrogen (secondary N) is 1. The standard InChI is InChI=1S/C22H22ClF2N3O3S/c1-4-28-19(29)12-18(32-21(28)27-16-6-5-13(2)14(3)11-16)20(30)26-15-7-9-17(10-8-15)31-22(23,24)25/h5-11,18H,4,12H2,1-3H3,(H,26,30)/t18-/m1/s1. The molecule has 3 rings (SSSR count). The van der Waals surface area contributed by atoms with Gasteiger partial charge >= 0.3 is 5.57 Å². The minimum absolute atomic E-state index is 0.0238. The Balaban J connectivity index is 1.74. The van der Waals surface area contributed by atoms with E-state index < -0.39 is 10.8 Å². The van der Waals surface area contributed by atoms with Crippen molar-refractivity contribution in [2.45, 2.75) is 38.0 Å². The summed E-state index contributed by atoms with van der Waals surface area (Å²) >= 11 is 5.96. The number of alkyl halides is 3. The summed E-state index contributed by atoms with van der Waals surface area (Å²) in [6.07, 6.45) is 0.0238. The van der Waals surface area contributed by atoms with Gasteiger partial charge in [0.15, 0.2) is 5.17 Å². The van der Waals surface area contributed by atoms with Gasteiger partial charge in [-0.3, -0.25) is 14.5 Å². The first-order chi connectivity index (χ1) is 15.1. The van der Waals surface area contributed by atoms with Crippen molar-refractivity contribution < 1.29 is 23.1 Å². The molecule has 0 unspecified atom stereocenters. The van der Waals surface area contributed by atoms with E-state index >= 15 is 0 Å². The van der Waals surface area contributed by atoms with Gasteiger partial charge in [0, 0.05) is 30.3 Å². The summed E-state index contributed by atoms with van der Waals surface area (Å²) < 4.78 is 29.7. The van der Waals surface area contributed by atoms with Crippen molar-refractivity contribution in [3.8, 4) is 5.75 Å². The molecule has 2 aromatic carbocycles. The van der Waals surface area contributed by atoms with Gasteiger partial charge in [-0.25, -0.2) is 4.99 Å². The summed E-state index contributed by atoms with van der Waals surface area (Å²) in [5, 5.41) is 2.47. The molecule has 1 fully saturated rings. The first-order valence-electron chi connectivity index (χ1n) is 9.85. The zero-order valence-corrected chi connectivity index (χ0v) is 19.3. The van der Waals surface area contributed by atoms with E-state index in [1.165, 1.54) is 36.0 Å². The van der Waals surface area contributed by atoms with E-state index in [4.69, 9.17) is 11.6 Å². The number of carbonyl (C=O) groups excluding carboxylic acids is 2. The van der Waals surface area contributed by atoms with Crippen molar-refractivity contribution >= 4 is 51.7 Å². The van der Waals surface area contributed by atoms with Crippen LogP contribution in [0, 0.1) is 13.8 Å². The van der Waals surface area contributed by atoms with Crippen molar-refractivity contribution in [3.63, 3.8) is 0 Å². The Hall–Kier alpha value is -2.65. The molecule has 2 aromatic rings. The van der Waals surface area contributed by atoms with Crippen molar-refractivity contribution in [3.05, 3.63) is 53.6 Å². The number of benzene rings is 2. The maximum absolute atomic E-state index is 12.8. The van der Waals surface area contributed by atoms with Crippen LogP contribution in [0.3, 0.4) is 0 Å². The summed E-state index contributed by atoms with van der Waals surface area (Å²) in [6.45, 7) is 6.28.